The first-order chi connectivity index (χ1) is 23.0. The van der Waals surface area contributed by atoms with Gasteiger partial charge in [0, 0.05) is 25.1 Å². The number of carbonyl (C=O) groups is 5. The van der Waals surface area contributed by atoms with Gasteiger partial charge in [0.25, 0.3) is 5.91 Å². The fourth-order valence-electron chi connectivity index (χ4n) is 4.70. The number of carbonyl (C=O) groups excluding carboxylic acids is 5. The highest BCUT2D eigenvalue weighted by molar-refractivity contribution is 5.97. The Morgan fingerprint density at radius 1 is 0.875 bits per heavy atom. The van der Waals surface area contributed by atoms with Gasteiger partial charge in [0.15, 0.2) is 17.2 Å². The first kappa shape index (κ1) is 37.2. The molecule has 0 saturated heterocycles. The molecule has 2 atom stereocenters. The Balaban J connectivity index is 1.86. The second-order valence-corrected chi connectivity index (χ2v) is 10.8. The lowest BCUT2D eigenvalue weighted by Crippen LogP contribution is -2.52. The smallest absolute Gasteiger partial charge is 0.338 e. The zero-order chi connectivity index (χ0) is 35.3. The first-order valence-electron chi connectivity index (χ1n) is 15.2. The number of esters is 3. The topological polar surface area (TPSA) is 166 Å². The standard InChI is InChI=1S/C35H40N2O11/c1-7-44-33(41)26-13-9-24(10-14-26)29(25-11-15-27(16-12-25)34(42)45-8-2)22(3)46-20-35(5,19-38)37-32(40)30-31(48-21-47-23(4)39)28(43-6)17-18-36-30/h9-19,22,29H,7-8,20-21H2,1-6H3,(H,37,40)/t22-,35+/m0/s1. The van der Waals surface area contributed by atoms with Crippen molar-refractivity contribution in [1.29, 1.82) is 0 Å². The van der Waals surface area contributed by atoms with Crippen molar-refractivity contribution in [3.63, 3.8) is 0 Å². The molecule has 1 aromatic heterocycles. The summed E-state index contributed by atoms with van der Waals surface area (Å²) in [7, 11) is 1.37. The predicted molar refractivity (Wildman–Crippen MR) is 172 cm³/mol. The largest absolute Gasteiger partial charge is 0.493 e. The van der Waals surface area contributed by atoms with Crippen molar-refractivity contribution >= 4 is 30.1 Å². The highest BCUT2D eigenvalue weighted by Gasteiger charge is 2.32. The number of benzene rings is 2. The van der Waals surface area contributed by atoms with Crippen molar-refractivity contribution in [2.75, 3.05) is 33.7 Å². The molecule has 1 amide bonds. The van der Waals surface area contributed by atoms with E-state index >= 15 is 0 Å². The molecule has 13 heteroatoms. The van der Waals surface area contributed by atoms with E-state index in [0.29, 0.717) is 17.4 Å². The van der Waals surface area contributed by atoms with Crippen LogP contribution in [0.4, 0.5) is 0 Å². The molecule has 2 aromatic carbocycles. The lowest BCUT2D eigenvalue weighted by Gasteiger charge is -2.30. The zero-order valence-corrected chi connectivity index (χ0v) is 27.8. The van der Waals surface area contributed by atoms with E-state index in [0.717, 1.165) is 11.1 Å². The summed E-state index contributed by atoms with van der Waals surface area (Å²) in [4.78, 5) is 65.6. The summed E-state index contributed by atoms with van der Waals surface area (Å²) < 4.78 is 32.0. The molecule has 0 aliphatic rings. The van der Waals surface area contributed by atoms with Crippen molar-refractivity contribution in [2.24, 2.45) is 0 Å². The molecule has 0 aliphatic carbocycles. The third-order valence-electron chi connectivity index (χ3n) is 7.11. The molecular weight excluding hydrogens is 624 g/mol. The van der Waals surface area contributed by atoms with E-state index in [-0.39, 0.29) is 37.0 Å². The summed E-state index contributed by atoms with van der Waals surface area (Å²) in [5.41, 5.74) is 0.602. The van der Waals surface area contributed by atoms with Crippen molar-refractivity contribution < 1.29 is 52.4 Å². The highest BCUT2D eigenvalue weighted by Crippen LogP contribution is 2.32. The van der Waals surface area contributed by atoms with Gasteiger partial charge in [-0.2, -0.15) is 0 Å². The summed E-state index contributed by atoms with van der Waals surface area (Å²) in [6.45, 7) is 7.69. The summed E-state index contributed by atoms with van der Waals surface area (Å²) >= 11 is 0. The number of nitrogens with one attached hydrogen (secondary N) is 1. The van der Waals surface area contributed by atoms with Crippen LogP contribution in [0.2, 0.25) is 0 Å². The third-order valence-corrected chi connectivity index (χ3v) is 7.11. The van der Waals surface area contributed by atoms with E-state index in [9.17, 15) is 24.0 Å². The van der Waals surface area contributed by atoms with Crippen LogP contribution in [0.3, 0.4) is 0 Å². The second kappa shape index (κ2) is 17.6. The van der Waals surface area contributed by atoms with Crippen LogP contribution in [-0.4, -0.2) is 80.5 Å². The van der Waals surface area contributed by atoms with E-state index in [1.165, 1.54) is 33.2 Å². The highest BCUT2D eigenvalue weighted by atomic mass is 16.7. The Morgan fingerprint density at radius 3 is 1.88 bits per heavy atom. The van der Waals surface area contributed by atoms with Crippen LogP contribution in [-0.2, 0) is 28.5 Å². The van der Waals surface area contributed by atoms with Gasteiger partial charge in [-0.25, -0.2) is 14.6 Å². The van der Waals surface area contributed by atoms with Crippen LogP contribution < -0.4 is 14.8 Å². The first-order valence-corrected chi connectivity index (χ1v) is 15.2. The molecule has 256 valence electrons. The summed E-state index contributed by atoms with van der Waals surface area (Å²) in [6.07, 6.45) is 1.29. The predicted octanol–water partition coefficient (Wildman–Crippen LogP) is 4.27. The molecule has 0 aliphatic heterocycles. The average Bonchev–Trinajstić information content (AvgIpc) is 3.08. The van der Waals surface area contributed by atoms with Gasteiger partial charge in [-0.3, -0.25) is 9.59 Å². The Kier molecular flexibility index (Phi) is 13.6. The molecule has 0 fully saturated rings. The van der Waals surface area contributed by atoms with Crippen molar-refractivity contribution in [1.82, 2.24) is 10.3 Å². The molecular formula is C35H40N2O11. The number of hydrogen-bond acceptors (Lipinski definition) is 12. The van der Waals surface area contributed by atoms with E-state index in [4.69, 9.17) is 28.4 Å². The SMILES string of the molecule is CCOC(=O)c1ccc(C(c2ccc(C(=O)OCC)cc2)[C@H](C)OC[C@@](C)(C=O)NC(=O)c2nccc(OC)c2OCOC(C)=O)cc1. The van der Waals surface area contributed by atoms with Gasteiger partial charge < -0.3 is 38.5 Å². The Bertz CT molecular complexity index is 1510. The maximum Gasteiger partial charge on any atom is 0.338 e. The van der Waals surface area contributed by atoms with Crippen LogP contribution in [0.15, 0.2) is 60.8 Å². The Labute approximate surface area is 278 Å². The number of pyridine rings is 1. The quantitative estimate of drug-likeness (QED) is 0.0944. The minimum Gasteiger partial charge on any atom is -0.493 e. The number of aromatic nitrogens is 1. The maximum absolute atomic E-state index is 13.4. The number of rotatable bonds is 17. The molecule has 0 unspecified atom stereocenters. The average molecular weight is 665 g/mol. The van der Waals surface area contributed by atoms with Crippen molar-refractivity contribution in [2.45, 2.75) is 52.2 Å². The summed E-state index contributed by atoms with van der Waals surface area (Å²) in [6, 6.07) is 15.2. The monoisotopic (exact) mass is 664 g/mol. The number of aldehydes is 1. The normalized spacial score (nSPS) is 12.6. The van der Waals surface area contributed by atoms with Gasteiger partial charge in [0.1, 0.15) is 11.8 Å². The van der Waals surface area contributed by atoms with Gasteiger partial charge in [-0.15, -0.1) is 0 Å². The minimum absolute atomic E-state index is 0.0844. The molecule has 3 aromatic rings. The molecule has 1 N–H and O–H groups in total. The number of methoxy groups -OCH3 is 1. The fraction of sp³-hybridized carbons (Fsp3) is 0.371. The van der Waals surface area contributed by atoms with E-state index < -0.39 is 48.2 Å². The molecule has 48 heavy (non-hydrogen) atoms. The third kappa shape index (κ3) is 9.85. The lowest BCUT2D eigenvalue weighted by molar-refractivity contribution is -0.147. The number of ether oxygens (including phenoxy) is 6. The molecule has 0 bridgehead atoms. The van der Waals surface area contributed by atoms with Crippen LogP contribution in [0.1, 0.15) is 82.9 Å². The van der Waals surface area contributed by atoms with Crippen LogP contribution >= 0.6 is 0 Å². The van der Waals surface area contributed by atoms with E-state index in [1.807, 2.05) is 0 Å². The molecule has 1 heterocycles. The van der Waals surface area contributed by atoms with Crippen LogP contribution in [0.5, 0.6) is 11.5 Å². The number of hydrogen-bond donors (Lipinski definition) is 1. The number of nitrogens with zero attached hydrogens (tertiary/aromatic N) is 1. The van der Waals surface area contributed by atoms with Crippen molar-refractivity contribution in [3.8, 4) is 11.5 Å². The fourth-order valence-corrected chi connectivity index (χ4v) is 4.70. The molecule has 0 saturated carbocycles. The lowest BCUT2D eigenvalue weighted by atomic mass is 9.86. The molecule has 3 rings (SSSR count). The molecule has 0 spiro atoms. The van der Waals surface area contributed by atoms with Crippen LogP contribution in [0, 0.1) is 0 Å². The van der Waals surface area contributed by atoms with E-state index in [1.54, 1.807) is 69.3 Å². The maximum atomic E-state index is 13.4. The van der Waals surface area contributed by atoms with Gasteiger partial charge in [-0.1, -0.05) is 24.3 Å². The molecule has 0 radical (unpaired) electrons. The van der Waals surface area contributed by atoms with Crippen LogP contribution in [0.25, 0.3) is 0 Å². The zero-order valence-electron chi connectivity index (χ0n) is 27.8. The Morgan fingerprint density at radius 2 is 1.42 bits per heavy atom. The van der Waals surface area contributed by atoms with E-state index in [2.05, 4.69) is 10.3 Å². The van der Waals surface area contributed by atoms with Gasteiger partial charge in [0.05, 0.1) is 44.2 Å². The Hall–Kier alpha value is -5.30. The second-order valence-electron chi connectivity index (χ2n) is 10.8. The van der Waals surface area contributed by atoms with Gasteiger partial charge in [-0.05, 0) is 63.1 Å². The van der Waals surface area contributed by atoms with Gasteiger partial charge >= 0.3 is 17.9 Å². The van der Waals surface area contributed by atoms with Crippen molar-refractivity contribution in [3.05, 3.63) is 88.7 Å². The summed E-state index contributed by atoms with van der Waals surface area (Å²) in [5, 5.41) is 2.65. The number of amides is 1. The summed E-state index contributed by atoms with van der Waals surface area (Å²) in [5.74, 6) is -2.61. The van der Waals surface area contributed by atoms with Gasteiger partial charge in [0.2, 0.25) is 6.79 Å². The minimum atomic E-state index is -1.52. The molecule has 13 nitrogen and oxygen atoms in total.